The first-order valence-corrected chi connectivity index (χ1v) is 15.1. The van der Waals surface area contributed by atoms with Gasteiger partial charge in [0, 0.05) is 31.5 Å². The van der Waals surface area contributed by atoms with Crippen molar-refractivity contribution >= 4 is 28.8 Å². The molecule has 0 bridgehead atoms. The van der Waals surface area contributed by atoms with E-state index in [-0.39, 0.29) is 17.5 Å². The highest BCUT2D eigenvalue weighted by Crippen LogP contribution is 2.40. The van der Waals surface area contributed by atoms with Crippen molar-refractivity contribution in [3.05, 3.63) is 100 Å². The lowest BCUT2D eigenvalue weighted by Crippen LogP contribution is -2.46. The number of carbonyl (C=O) groups is 2. The minimum Gasteiger partial charge on any atom is -0.381 e. The Balaban J connectivity index is 1.33. The summed E-state index contributed by atoms with van der Waals surface area (Å²) in [6, 6.07) is 14.6. The van der Waals surface area contributed by atoms with Gasteiger partial charge in [-0.25, -0.2) is 8.78 Å². The number of nitrogens with one attached hydrogen (secondary N) is 2. The molecular weight excluding hydrogens is 548 g/mol. The number of piperidine rings is 1. The third-order valence-electron chi connectivity index (χ3n) is 9.01. The number of halogens is 2. The van der Waals surface area contributed by atoms with Crippen molar-refractivity contribution < 1.29 is 23.1 Å². The average Bonchev–Trinajstić information content (AvgIpc) is 3.37. The van der Waals surface area contributed by atoms with Crippen molar-refractivity contribution in [1.82, 2.24) is 4.90 Å². The minimum absolute atomic E-state index is 0.0206. The Kier molecular flexibility index (Phi) is 8.30. The van der Waals surface area contributed by atoms with Gasteiger partial charge in [-0.05, 0) is 104 Å². The molecular formula is C35H37F2N3O3. The number of ether oxygens (including phenoxy) is 1. The smallest absolute Gasteiger partial charge is 0.257 e. The molecule has 2 aliphatic heterocycles. The van der Waals surface area contributed by atoms with Crippen LogP contribution >= 0.6 is 0 Å². The Morgan fingerprint density at radius 3 is 2.53 bits per heavy atom. The molecule has 3 aromatic rings. The summed E-state index contributed by atoms with van der Waals surface area (Å²) >= 11 is 0. The van der Waals surface area contributed by atoms with Crippen LogP contribution in [0, 0.1) is 24.5 Å². The van der Waals surface area contributed by atoms with E-state index in [4.69, 9.17) is 4.74 Å². The van der Waals surface area contributed by atoms with Crippen LogP contribution in [0.15, 0.2) is 60.7 Å². The van der Waals surface area contributed by atoms with E-state index in [1.165, 1.54) is 23.3 Å². The zero-order valence-corrected chi connectivity index (χ0v) is 24.6. The largest absolute Gasteiger partial charge is 0.381 e. The number of nitrogens with zero attached hydrogens (tertiary/aromatic N) is 1. The van der Waals surface area contributed by atoms with Gasteiger partial charge < -0.3 is 20.3 Å². The maximum atomic E-state index is 15.6. The van der Waals surface area contributed by atoms with Gasteiger partial charge in [-0.2, -0.15) is 0 Å². The molecule has 2 atom stereocenters. The highest BCUT2D eigenvalue weighted by Gasteiger charge is 2.41. The Morgan fingerprint density at radius 2 is 1.77 bits per heavy atom. The number of benzene rings is 3. The monoisotopic (exact) mass is 585 g/mol. The molecule has 43 heavy (non-hydrogen) atoms. The molecule has 3 aromatic carbocycles. The van der Waals surface area contributed by atoms with Crippen LogP contribution in [0.1, 0.15) is 71.3 Å². The summed E-state index contributed by atoms with van der Waals surface area (Å²) < 4.78 is 36.0. The predicted molar refractivity (Wildman–Crippen MR) is 164 cm³/mol. The van der Waals surface area contributed by atoms with E-state index in [1.54, 1.807) is 36.1 Å². The van der Waals surface area contributed by atoms with Gasteiger partial charge >= 0.3 is 0 Å². The third-order valence-corrected chi connectivity index (χ3v) is 9.01. The van der Waals surface area contributed by atoms with E-state index >= 15 is 8.78 Å². The number of amides is 2. The molecule has 0 spiro atoms. The molecule has 6 nitrogen and oxygen atoms in total. The zero-order chi connectivity index (χ0) is 30.1. The molecule has 2 saturated heterocycles. The van der Waals surface area contributed by atoms with Gasteiger partial charge in [-0.1, -0.05) is 30.3 Å². The Hall–Kier alpha value is -4.04. The van der Waals surface area contributed by atoms with Crippen molar-refractivity contribution in [3.63, 3.8) is 0 Å². The third kappa shape index (κ3) is 5.93. The van der Waals surface area contributed by atoms with Gasteiger partial charge in [0.2, 0.25) is 5.91 Å². The summed E-state index contributed by atoms with van der Waals surface area (Å²) in [6.07, 6.45) is 5.67. The van der Waals surface area contributed by atoms with E-state index in [0.29, 0.717) is 55.1 Å². The summed E-state index contributed by atoms with van der Waals surface area (Å²) in [7, 11) is 0. The Labute approximate surface area is 251 Å². The van der Waals surface area contributed by atoms with E-state index in [0.717, 1.165) is 24.8 Å². The number of carbonyl (C=O) groups excluding carboxylic acids is 2. The summed E-state index contributed by atoms with van der Waals surface area (Å²) in [6.45, 7) is 5.33. The molecule has 0 radical (unpaired) electrons. The number of rotatable bonds is 6. The lowest BCUT2D eigenvalue weighted by Gasteiger charge is -2.41. The van der Waals surface area contributed by atoms with Gasteiger partial charge in [0.25, 0.3) is 5.91 Å². The standard InChI is InChI=1S/C35H37F2N3O3/c1-21-8-9-23-10-12-26(20-28(21)23)39-34(41)27-6-4-16-40(35(42)32-22(2)5-3-7-29(32)36)33(27)24-11-13-31(30(37)19-24)38-25-14-17-43-18-15-25/h3,5,7-8,10-13,19-20,25,27,33,38H,4,6,9,14-18H2,1-2H3,(H,39,41)/t27-,33-/m0/s1. The maximum absolute atomic E-state index is 15.6. The van der Waals surface area contributed by atoms with Crippen LogP contribution in [-0.4, -0.2) is 42.5 Å². The number of fused-ring (bicyclic) bond motifs is 1. The quantitative estimate of drug-likeness (QED) is 0.325. The van der Waals surface area contributed by atoms with Crippen LogP contribution < -0.4 is 10.6 Å². The topological polar surface area (TPSA) is 70.7 Å². The molecule has 0 saturated carbocycles. The van der Waals surface area contributed by atoms with Crippen LogP contribution in [0.3, 0.4) is 0 Å². The fraction of sp³-hybridized carbons (Fsp3) is 0.371. The van der Waals surface area contributed by atoms with E-state index in [9.17, 15) is 9.59 Å². The molecule has 224 valence electrons. The number of allylic oxidation sites excluding steroid dienone is 2. The number of anilines is 2. The van der Waals surface area contributed by atoms with Gasteiger partial charge in [0.05, 0.1) is 23.2 Å². The molecule has 8 heteroatoms. The molecule has 0 unspecified atom stereocenters. The van der Waals surface area contributed by atoms with Crippen molar-refractivity contribution in [2.24, 2.45) is 5.92 Å². The first kappa shape index (κ1) is 29.1. The number of hydrogen-bond acceptors (Lipinski definition) is 4. The molecule has 1 aliphatic carbocycles. The lowest BCUT2D eigenvalue weighted by atomic mass is 9.83. The molecule has 2 fully saturated rings. The summed E-state index contributed by atoms with van der Waals surface area (Å²) in [5, 5.41) is 6.34. The molecule has 2 heterocycles. The van der Waals surface area contributed by atoms with Crippen molar-refractivity contribution in [2.45, 2.75) is 58.0 Å². The average molecular weight is 586 g/mol. The fourth-order valence-corrected chi connectivity index (χ4v) is 6.66. The molecule has 2 amide bonds. The number of hydrogen-bond donors (Lipinski definition) is 2. The summed E-state index contributed by atoms with van der Waals surface area (Å²) in [5.74, 6) is -2.48. The highest BCUT2D eigenvalue weighted by atomic mass is 19.1. The van der Waals surface area contributed by atoms with Gasteiger partial charge in [-0.3, -0.25) is 9.59 Å². The Bertz CT molecular complexity index is 1560. The molecule has 0 aromatic heterocycles. The molecule has 6 rings (SSSR count). The van der Waals surface area contributed by atoms with Crippen LogP contribution in [0.2, 0.25) is 0 Å². The predicted octanol–water partition coefficient (Wildman–Crippen LogP) is 7.06. The van der Waals surface area contributed by atoms with Crippen LogP contribution in [0.4, 0.5) is 20.2 Å². The highest BCUT2D eigenvalue weighted by molar-refractivity contribution is 5.98. The second-order valence-corrected chi connectivity index (χ2v) is 11.8. The number of aryl methyl sites for hydroxylation is 1. The lowest BCUT2D eigenvalue weighted by molar-refractivity contribution is -0.123. The zero-order valence-electron chi connectivity index (χ0n) is 24.6. The van der Waals surface area contributed by atoms with Gasteiger partial charge in [0.15, 0.2) is 0 Å². The summed E-state index contributed by atoms with van der Waals surface area (Å²) in [5.41, 5.74) is 5.54. The van der Waals surface area contributed by atoms with E-state index in [2.05, 4.69) is 23.6 Å². The fourth-order valence-electron chi connectivity index (χ4n) is 6.66. The Morgan fingerprint density at radius 1 is 0.953 bits per heavy atom. The van der Waals surface area contributed by atoms with Crippen molar-refractivity contribution in [3.8, 4) is 0 Å². The van der Waals surface area contributed by atoms with Crippen LogP contribution in [0.5, 0.6) is 0 Å². The van der Waals surface area contributed by atoms with E-state index in [1.807, 2.05) is 18.2 Å². The van der Waals surface area contributed by atoms with Gasteiger partial charge in [-0.15, -0.1) is 0 Å². The van der Waals surface area contributed by atoms with Crippen molar-refractivity contribution in [2.75, 3.05) is 30.4 Å². The minimum atomic E-state index is -0.775. The molecule has 3 aliphatic rings. The van der Waals surface area contributed by atoms with Gasteiger partial charge in [0.1, 0.15) is 11.6 Å². The normalized spacial score (nSPS) is 20.4. The van der Waals surface area contributed by atoms with Crippen LogP contribution in [-0.2, 0) is 16.0 Å². The van der Waals surface area contributed by atoms with Crippen molar-refractivity contribution in [1.29, 1.82) is 0 Å². The maximum Gasteiger partial charge on any atom is 0.257 e. The second-order valence-electron chi connectivity index (χ2n) is 11.8. The molecule has 2 N–H and O–H groups in total. The van der Waals surface area contributed by atoms with E-state index < -0.39 is 29.5 Å². The SMILES string of the molecule is CC1=CCc2ccc(NC(=O)[C@H]3CCCN(C(=O)c4c(C)cccc4F)[C@H]3c3ccc(NC4CCOCC4)c(F)c3)cc21. The summed E-state index contributed by atoms with van der Waals surface area (Å²) in [4.78, 5) is 29.4. The second kappa shape index (κ2) is 12.3. The first-order valence-electron chi connectivity index (χ1n) is 15.1. The number of likely N-dealkylation sites (tertiary alicyclic amines) is 1. The first-order chi connectivity index (χ1) is 20.8. The van der Waals surface area contributed by atoms with Crippen LogP contribution in [0.25, 0.3) is 5.57 Å².